The minimum absolute atomic E-state index is 0.150. The lowest BCUT2D eigenvalue weighted by molar-refractivity contribution is -0.161. The second-order valence-electron chi connectivity index (χ2n) is 4.74. The predicted molar refractivity (Wildman–Crippen MR) is 68.0 cm³/mol. The Hall–Kier alpha value is -1.76. The van der Waals surface area contributed by atoms with Crippen molar-refractivity contribution in [2.24, 2.45) is 0 Å². The lowest BCUT2D eigenvalue weighted by atomic mass is 9.80. The summed E-state index contributed by atoms with van der Waals surface area (Å²) in [5.74, 6) is -1.38. The maximum atomic E-state index is 12.9. The molecule has 2 rings (SSSR count). The van der Waals surface area contributed by atoms with Gasteiger partial charge >= 0.3 is 5.97 Å². The van der Waals surface area contributed by atoms with Gasteiger partial charge in [0, 0.05) is 6.42 Å². The SMILES string of the molecule is COC(=O)[C@]1(O)C=C(c2ccc(F)cc2)[C@@H](O)C(O)C1. The smallest absolute Gasteiger partial charge is 0.342 e. The van der Waals surface area contributed by atoms with Crippen LogP contribution in [-0.2, 0) is 9.53 Å². The summed E-state index contributed by atoms with van der Waals surface area (Å²) in [6, 6.07) is 5.14. The molecular formula is C14H15FO5. The average Bonchev–Trinajstić information content (AvgIpc) is 2.43. The van der Waals surface area contributed by atoms with Gasteiger partial charge in [0.15, 0.2) is 5.60 Å². The summed E-state index contributed by atoms with van der Waals surface area (Å²) in [6.45, 7) is 0. The normalized spacial score (nSPS) is 29.8. The highest BCUT2D eigenvalue weighted by molar-refractivity contribution is 5.87. The second-order valence-corrected chi connectivity index (χ2v) is 4.74. The van der Waals surface area contributed by atoms with Gasteiger partial charge in [0.05, 0.1) is 13.2 Å². The van der Waals surface area contributed by atoms with E-state index >= 15 is 0 Å². The van der Waals surface area contributed by atoms with Crippen LogP contribution >= 0.6 is 0 Å². The third-order valence-corrected chi connectivity index (χ3v) is 3.31. The molecule has 0 amide bonds. The molecule has 1 aromatic carbocycles. The fraction of sp³-hybridized carbons (Fsp3) is 0.357. The molecule has 108 valence electrons. The number of aliphatic hydroxyl groups is 3. The minimum atomic E-state index is -2.02. The number of carbonyl (C=O) groups excluding carboxylic acids is 1. The molecule has 0 spiro atoms. The second kappa shape index (κ2) is 5.32. The van der Waals surface area contributed by atoms with Crippen molar-refractivity contribution in [2.75, 3.05) is 7.11 Å². The van der Waals surface area contributed by atoms with Crippen LogP contribution in [0.15, 0.2) is 30.3 Å². The van der Waals surface area contributed by atoms with Crippen molar-refractivity contribution in [1.29, 1.82) is 0 Å². The van der Waals surface area contributed by atoms with Crippen LogP contribution in [0.2, 0.25) is 0 Å². The molecule has 1 aromatic rings. The molecule has 0 fully saturated rings. The van der Waals surface area contributed by atoms with Crippen LogP contribution in [0, 0.1) is 5.82 Å². The first-order valence-corrected chi connectivity index (χ1v) is 6.03. The Morgan fingerprint density at radius 1 is 1.35 bits per heavy atom. The number of hydrogen-bond acceptors (Lipinski definition) is 5. The molecule has 0 aliphatic heterocycles. The van der Waals surface area contributed by atoms with Gasteiger partial charge in [-0.2, -0.15) is 0 Å². The number of aliphatic hydroxyl groups excluding tert-OH is 2. The highest BCUT2D eigenvalue weighted by Crippen LogP contribution is 2.34. The standard InChI is InChI=1S/C14H15FO5/c1-20-13(18)14(19)6-10(12(17)11(16)7-14)8-2-4-9(15)5-3-8/h2-6,11-12,16-17,19H,7H2,1H3/t11?,12-,14+/m1/s1. The summed E-state index contributed by atoms with van der Waals surface area (Å²) in [5.41, 5.74) is -1.46. The van der Waals surface area contributed by atoms with Crippen LogP contribution in [0.3, 0.4) is 0 Å². The Morgan fingerprint density at radius 2 is 1.95 bits per heavy atom. The van der Waals surface area contributed by atoms with Crippen molar-refractivity contribution < 1.29 is 29.2 Å². The summed E-state index contributed by atoms with van der Waals surface area (Å²) in [5, 5.41) is 30.0. The Kier molecular flexibility index (Phi) is 3.89. The van der Waals surface area contributed by atoms with Crippen molar-refractivity contribution in [1.82, 2.24) is 0 Å². The fourth-order valence-electron chi connectivity index (χ4n) is 2.25. The first-order valence-electron chi connectivity index (χ1n) is 6.03. The van der Waals surface area contributed by atoms with Crippen molar-refractivity contribution >= 4 is 11.5 Å². The average molecular weight is 282 g/mol. The number of benzene rings is 1. The molecule has 1 aliphatic rings. The molecule has 1 unspecified atom stereocenters. The van der Waals surface area contributed by atoms with Crippen LogP contribution < -0.4 is 0 Å². The van der Waals surface area contributed by atoms with Crippen molar-refractivity contribution in [3.05, 3.63) is 41.7 Å². The predicted octanol–water partition coefficient (Wildman–Crippen LogP) is 0.239. The van der Waals surface area contributed by atoms with Crippen LogP contribution in [0.4, 0.5) is 4.39 Å². The minimum Gasteiger partial charge on any atom is -0.467 e. The lowest BCUT2D eigenvalue weighted by Gasteiger charge is -2.34. The molecule has 20 heavy (non-hydrogen) atoms. The van der Waals surface area contributed by atoms with Crippen molar-refractivity contribution in [2.45, 2.75) is 24.2 Å². The van der Waals surface area contributed by atoms with Crippen LogP contribution in [-0.4, -0.2) is 46.2 Å². The lowest BCUT2D eigenvalue weighted by Crippen LogP contribution is -2.48. The summed E-state index contributed by atoms with van der Waals surface area (Å²) in [7, 11) is 1.11. The molecule has 6 heteroatoms. The molecule has 3 atom stereocenters. The number of ether oxygens (including phenoxy) is 1. The Bertz CT molecular complexity index is 539. The van der Waals surface area contributed by atoms with Gasteiger partial charge in [-0.05, 0) is 29.3 Å². The highest BCUT2D eigenvalue weighted by Gasteiger charge is 2.44. The molecule has 0 saturated heterocycles. The molecule has 0 radical (unpaired) electrons. The fourth-order valence-corrected chi connectivity index (χ4v) is 2.25. The quantitative estimate of drug-likeness (QED) is 0.676. The summed E-state index contributed by atoms with van der Waals surface area (Å²) < 4.78 is 17.4. The van der Waals surface area contributed by atoms with E-state index < -0.39 is 29.6 Å². The van der Waals surface area contributed by atoms with E-state index in [0.717, 1.165) is 13.2 Å². The topological polar surface area (TPSA) is 87.0 Å². The first-order chi connectivity index (χ1) is 9.37. The Morgan fingerprint density at radius 3 is 2.50 bits per heavy atom. The van der Waals surface area contributed by atoms with Gasteiger partial charge in [0.25, 0.3) is 0 Å². The van der Waals surface area contributed by atoms with Crippen LogP contribution in [0.1, 0.15) is 12.0 Å². The molecule has 1 aliphatic carbocycles. The summed E-state index contributed by atoms with van der Waals surface area (Å²) in [4.78, 5) is 11.6. The van der Waals surface area contributed by atoms with Gasteiger partial charge in [0.2, 0.25) is 0 Å². The third-order valence-electron chi connectivity index (χ3n) is 3.31. The zero-order chi connectivity index (χ0) is 14.9. The van der Waals surface area contributed by atoms with Gasteiger partial charge in [0.1, 0.15) is 11.9 Å². The number of rotatable bonds is 2. The Labute approximate surface area is 114 Å². The van der Waals surface area contributed by atoms with Crippen LogP contribution in [0.25, 0.3) is 5.57 Å². The molecular weight excluding hydrogens is 267 g/mol. The number of methoxy groups -OCH3 is 1. The number of hydrogen-bond donors (Lipinski definition) is 3. The van der Waals surface area contributed by atoms with Gasteiger partial charge in [-0.15, -0.1) is 0 Å². The number of halogens is 1. The zero-order valence-corrected chi connectivity index (χ0v) is 10.8. The largest absolute Gasteiger partial charge is 0.467 e. The molecule has 0 saturated carbocycles. The summed E-state index contributed by atoms with van der Waals surface area (Å²) >= 11 is 0. The zero-order valence-electron chi connectivity index (χ0n) is 10.8. The molecule has 3 N–H and O–H groups in total. The highest BCUT2D eigenvalue weighted by atomic mass is 19.1. The first kappa shape index (κ1) is 14.6. The maximum Gasteiger partial charge on any atom is 0.342 e. The van der Waals surface area contributed by atoms with Gasteiger partial charge in [-0.3, -0.25) is 0 Å². The van der Waals surface area contributed by atoms with E-state index in [-0.39, 0.29) is 12.0 Å². The van der Waals surface area contributed by atoms with Crippen molar-refractivity contribution in [3.63, 3.8) is 0 Å². The van der Waals surface area contributed by atoms with Gasteiger partial charge in [-0.1, -0.05) is 12.1 Å². The third kappa shape index (κ3) is 2.58. The van der Waals surface area contributed by atoms with E-state index in [4.69, 9.17) is 0 Å². The molecule has 0 bridgehead atoms. The van der Waals surface area contributed by atoms with Gasteiger partial charge in [-0.25, -0.2) is 9.18 Å². The molecule has 5 nitrogen and oxygen atoms in total. The van der Waals surface area contributed by atoms with E-state index in [1.165, 1.54) is 24.3 Å². The van der Waals surface area contributed by atoms with Gasteiger partial charge < -0.3 is 20.1 Å². The van der Waals surface area contributed by atoms with E-state index in [1.54, 1.807) is 0 Å². The van der Waals surface area contributed by atoms with Crippen molar-refractivity contribution in [3.8, 4) is 0 Å². The van der Waals surface area contributed by atoms with E-state index in [9.17, 15) is 24.5 Å². The number of carbonyl (C=O) groups is 1. The Balaban J connectivity index is 2.47. The van der Waals surface area contributed by atoms with E-state index in [1.807, 2.05) is 0 Å². The van der Waals surface area contributed by atoms with E-state index in [0.29, 0.717) is 5.56 Å². The molecule has 0 aromatic heterocycles. The summed E-state index contributed by atoms with van der Waals surface area (Å²) in [6.07, 6.45) is -1.83. The molecule has 0 heterocycles. The van der Waals surface area contributed by atoms with Crippen LogP contribution in [0.5, 0.6) is 0 Å². The van der Waals surface area contributed by atoms with E-state index in [2.05, 4.69) is 4.74 Å². The number of esters is 1. The monoisotopic (exact) mass is 282 g/mol. The maximum absolute atomic E-state index is 12.9.